The van der Waals surface area contributed by atoms with Crippen LogP contribution >= 0.6 is 0 Å². The van der Waals surface area contributed by atoms with E-state index in [1.165, 1.54) is 0 Å². The van der Waals surface area contributed by atoms with E-state index in [9.17, 15) is 4.79 Å². The van der Waals surface area contributed by atoms with Crippen LogP contribution in [0.1, 0.15) is 39.0 Å². The largest absolute Gasteiger partial charge is 0.356 e. The molecule has 0 saturated heterocycles. The van der Waals surface area contributed by atoms with Crippen LogP contribution in [-0.4, -0.2) is 31.6 Å². The number of guanidine groups is 1. The van der Waals surface area contributed by atoms with Gasteiger partial charge in [-0.25, -0.2) is 4.79 Å². The van der Waals surface area contributed by atoms with E-state index in [2.05, 4.69) is 27.9 Å². The van der Waals surface area contributed by atoms with Crippen molar-refractivity contribution in [3.8, 4) is 0 Å². The minimum absolute atomic E-state index is 0.163. The fourth-order valence-corrected chi connectivity index (χ4v) is 1.50. The highest BCUT2D eigenvalue weighted by Gasteiger charge is 2.06. The lowest BCUT2D eigenvalue weighted by atomic mass is 10.2. The third-order valence-electron chi connectivity index (χ3n) is 2.45. The SMILES string of the molecule is CCCCCNC(=O)NC1=NCCCCN1. The Morgan fingerprint density at radius 2 is 2.31 bits per heavy atom. The number of carbonyl (C=O) groups is 1. The van der Waals surface area contributed by atoms with Crippen LogP contribution in [0.2, 0.25) is 0 Å². The lowest BCUT2D eigenvalue weighted by Crippen LogP contribution is -2.46. The second kappa shape index (κ2) is 7.96. The average molecular weight is 226 g/mol. The van der Waals surface area contributed by atoms with Gasteiger partial charge < -0.3 is 10.6 Å². The van der Waals surface area contributed by atoms with E-state index in [0.717, 1.165) is 51.7 Å². The Bertz CT molecular complexity index is 240. The van der Waals surface area contributed by atoms with Gasteiger partial charge in [-0.3, -0.25) is 10.3 Å². The molecule has 0 unspecified atom stereocenters. The summed E-state index contributed by atoms with van der Waals surface area (Å²) in [6.45, 7) is 4.55. The van der Waals surface area contributed by atoms with Crippen molar-refractivity contribution in [2.24, 2.45) is 4.99 Å². The zero-order valence-electron chi connectivity index (χ0n) is 10.0. The highest BCUT2D eigenvalue weighted by molar-refractivity contribution is 5.96. The molecule has 0 radical (unpaired) electrons. The summed E-state index contributed by atoms with van der Waals surface area (Å²) in [4.78, 5) is 15.7. The van der Waals surface area contributed by atoms with Gasteiger partial charge in [0, 0.05) is 19.6 Å². The smallest absolute Gasteiger partial charge is 0.321 e. The maximum absolute atomic E-state index is 11.4. The van der Waals surface area contributed by atoms with Gasteiger partial charge in [0.15, 0.2) is 5.96 Å². The minimum Gasteiger partial charge on any atom is -0.356 e. The maximum atomic E-state index is 11.4. The fourth-order valence-electron chi connectivity index (χ4n) is 1.50. The Kier molecular flexibility index (Phi) is 6.37. The van der Waals surface area contributed by atoms with Gasteiger partial charge in [0.2, 0.25) is 0 Å². The number of urea groups is 1. The second-order valence-electron chi connectivity index (χ2n) is 3.95. The van der Waals surface area contributed by atoms with Gasteiger partial charge in [0.1, 0.15) is 0 Å². The summed E-state index contributed by atoms with van der Waals surface area (Å²) in [7, 11) is 0. The zero-order chi connectivity index (χ0) is 11.6. The van der Waals surface area contributed by atoms with Crippen LogP contribution in [0.3, 0.4) is 0 Å². The van der Waals surface area contributed by atoms with Gasteiger partial charge in [-0.15, -0.1) is 0 Å². The first-order valence-corrected chi connectivity index (χ1v) is 6.16. The van der Waals surface area contributed by atoms with E-state index in [0.29, 0.717) is 5.96 Å². The van der Waals surface area contributed by atoms with Crippen LogP contribution < -0.4 is 16.0 Å². The van der Waals surface area contributed by atoms with E-state index in [1.807, 2.05) is 0 Å². The normalized spacial score (nSPS) is 15.7. The number of nitrogens with one attached hydrogen (secondary N) is 3. The first kappa shape index (κ1) is 12.8. The number of carbonyl (C=O) groups excluding carboxylic acids is 1. The molecule has 0 bridgehead atoms. The lowest BCUT2D eigenvalue weighted by Gasteiger charge is -2.09. The summed E-state index contributed by atoms with van der Waals surface area (Å²) in [5, 5.41) is 8.63. The Morgan fingerprint density at radius 3 is 3.12 bits per heavy atom. The molecule has 0 atom stereocenters. The van der Waals surface area contributed by atoms with E-state index < -0.39 is 0 Å². The van der Waals surface area contributed by atoms with Crippen molar-refractivity contribution in [2.45, 2.75) is 39.0 Å². The first-order valence-electron chi connectivity index (χ1n) is 6.16. The maximum Gasteiger partial charge on any atom is 0.321 e. The van der Waals surface area contributed by atoms with Crippen LogP contribution in [0, 0.1) is 0 Å². The highest BCUT2D eigenvalue weighted by Crippen LogP contribution is 1.93. The van der Waals surface area contributed by atoms with Gasteiger partial charge in [0.25, 0.3) is 0 Å². The number of nitrogens with zero attached hydrogens (tertiary/aromatic N) is 1. The van der Waals surface area contributed by atoms with Gasteiger partial charge in [-0.05, 0) is 19.3 Å². The van der Waals surface area contributed by atoms with Gasteiger partial charge in [0.05, 0.1) is 0 Å². The van der Waals surface area contributed by atoms with Gasteiger partial charge >= 0.3 is 6.03 Å². The number of unbranched alkanes of at least 4 members (excludes halogenated alkanes) is 2. The van der Waals surface area contributed by atoms with Crippen molar-refractivity contribution < 1.29 is 4.79 Å². The summed E-state index contributed by atoms with van der Waals surface area (Å²) >= 11 is 0. The van der Waals surface area contributed by atoms with E-state index in [1.54, 1.807) is 0 Å². The molecule has 0 aromatic carbocycles. The lowest BCUT2D eigenvalue weighted by molar-refractivity contribution is 0.245. The van der Waals surface area contributed by atoms with Crippen LogP contribution in [0.4, 0.5) is 4.79 Å². The van der Waals surface area contributed by atoms with Crippen LogP contribution in [-0.2, 0) is 0 Å². The van der Waals surface area contributed by atoms with Gasteiger partial charge in [-0.2, -0.15) is 0 Å². The molecule has 16 heavy (non-hydrogen) atoms. The number of amides is 2. The molecule has 0 aromatic heterocycles. The molecule has 0 saturated carbocycles. The van der Waals surface area contributed by atoms with Crippen molar-refractivity contribution in [1.29, 1.82) is 0 Å². The zero-order valence-corrected chi connectivity index (χ0v) is 10.0. The molecule has 0 spiro atoms. The minimum atomic E-state index is -0.163. The van der Waals surface area contributed by atoms with Crippen LogP contribution in [0.15, 0.2) is 4.99 Å². The van der Waals surface area contributed by atoms with Gasteiger partial charge in [-0.1, -0.05) is 19.8 Å². The third-order valence-corrected chi connectivity index (χ3v) is 2.45. The molecule has 0 aliphatic carbocycles. The van der Waals surface area contributed by atoms with Crippen molar-refractivity contribution in [1.82, 2.24) is 16.0 Å². The molecule has 92 valence electrons. The highest BCUT2D eigenvalue weighted by atomic mass is 16.2. The predicted octanol–water partition coefficient (Wildman–Crippen LogP) is 1.22. The monoisotopic (exact) mass is 226 g/mol. The molecule has 5 nitrogen and oxygen atoms in total. The number of rotatable bonds is 4. The summed E-state index contributed by atoms with van der Waals surface area (Å²) in [6, 6.07) is -0.163. The molecule has 3 N–H and O–H groups in total. The number of hydrogen-bond donors (Lipinski definition) is 3. The number of hydrogen-bond acceptors (Lipinski definition) is 3. The molecule has 1 aliphatic heterocycles. The van der Waals surface area contributed by atoms with Crippen molar-refractivity contribution >= 4 is 12.0 Å². The fraction of sp³-hybridized carbons (Fsp3) is 0.818. The molecule has 5 heteroatoms. The molecule has 1 heterocycles. The Morgan fingerprint density at radius 1 is 1.44 bits per heavy atom. The molecular formula is C11H22N4O. The second-order valence-corrected chi connectivity index (χ2v) is 3.95. The molecular weight excluding hydrogens is 204 g/mol. The van der Waals surface area contributed by atoms with E-state index in [-0.39, 0.29) is 6.03 Å². The van der Waals surface area contributed by atoms with E-state index in [4.69, 9.17) is 0 Å². The quantitative estimate of drug-likeness (QED) is 0.631. The third kappa shape index (κ3) is 5.58. The van der Waals surface area contributed by atoms with Crippen molar-refractivity contribution in [3.05, 3.63) is 0 Å². The molecule has 0 fully saturated rings. The molecule has 2 amide bonds. The Hall–Kier alpha value is -1.26. The Balaban J connectivity index is 2.14. The summed E-state index contributed by atoms with van der Waals surface area (Å²) in [5.41, 5.74) is 0. The first-order chi connectivity index (χ1) is 7.83. The standard InChI is InChI=1S/C11H22N4O/c1-2-3-4-9-14-11(16)15-10-12-7-5-6-8-13-10/h2-9H2,1H3,(H3,12,13,14,15,16). The molecule has 0 aromatic rings. The topological polar surface area (TPSA) is 65.5 Å². The van der Waals surface area contributed by atoms with Crippen LogP contribution in [0.5, 0.6) is 0 Å². The summed E-state index contributed by atoms with van der Waals surface area (Å²) < 4.78 is 0. The summed E-state index contributed by atoms with van der Waals surface area (Å²) in [5.74, 6) is 0.602. The average Bonchev–Trinajstić information content (AvgIpc) is 2.53. The van der Waals surface area contributed by atoms with E-state index >= 15 is 0 Å². The molecule has 1 aliphatic rings. The van der Waals surface area contributed by atoms with Crippen LogP contribution in [0.25, 0.3) is 0 Å². The number of aliphatic imine (C=N–C) groups is 1. The van der Waals surface area contributed by atoms with Crippen molar-refractivity contribution in [2.75, 3.05) is 19.6 Å². The molecule has 1 rings (SSSR count). The summed E-state index contributed by atoms with van der Waals surface area (Å²) in [6.07, 6.45) is 5.53. The van der Waals surface area contributed by atoms with Crippen molar-refractivity contribution in [3.63, 3.8) is 0 Å². The predicted molar refractivity (Wildman–Crippen MR) is 65.6 cm³/mol. The Labute approximate surface area is 97.1 Å².